The molecule has 0 bridgehead atoms. The first-order valence-corrected chi connectivity index (χ1v) is 8.80. The van der Waals surface area contributed by atoms with Gasteiger partial charge in [-0.05, 0) is 65.8 Å². The van der Waals surface area contributed by atoms with Gasteiger partial charge in [-0.3, -0.25) is 0 Å². The van der Waals surface area contributed by atoms with Gasteiger partial charge in [-0.25, -0.2) is 0 Å². The average molecular weight is 321 g/mol. The van der Waals surface area contributed by atoms with Crippen LogP contribution in [0.3, 0.4) is 0 Å². The number of phenols is 1. The Bertz CT molecular complexity index is 474. The Labute approximate surface area is 142 Å². The summed E-state index contributed by atoms with van der Waals surface area (Å²) in [5, 5.41) is 10.8. The van der Waals surface area contributed by atoms with Crippen LogP contribution in [0.15, 0.2) is 12.1 Å². The second kappa shape index (κ2) is 7.67. The molecule has 0 heterocycles. The molecule has 0 saturated carbocycles. The van der Waals surface area contributed by atoms with Gasteiger partial charge < -0.3 is 16.6 Å². The molecule has 1 unspecified atom stereocenters. The van der Waals surface area contributed by atoms with Crippen molar-refractivity contribution in [2.24, 2.45) is 11.5 Å². The number of hydrogen-bond acceptors (Lipinski definition) is 3. The predicted molar refractivity (Wildman–Crippen MR) is 100 cm³/mol. The van der Waals surface area contributed by atoms with E-state index in [9.17, 15) is 5.11 Å². The summed E-state index contributed by atoms with van der Waals surface area (Å²) in [4.78, 5) is 0. The number of phenolic OH excluding ortho intramolecular Hbond substituents is 1. The fourth-order valence-electron chi connectivity index (χ4n) is 3.08. The van der Waals surface area contributed by atoms with Crippen LogP contribution in [0.1, 0.15) is 83.4 Å². The molecule has 5 N–H and O–H groups in total. The predicted octanol–water partition coefficient (Wildman–Crippen LogP) is 4.16. The van der Waals surface area contributed by atoms with E-state index in [2.05, 4.69) is 53.7 Å². The highest BCUT2D eigenvalue weighted by Crippen LogP contribution is 2.42. The molecule has 1 atom stereocenters. The lowest BCUT2D eigenvalue weighted by Crippen LogP contribution is -2.19. The minimum Gasteiger partial charge on any atom is -0.507 e. The Morgan fingerprint density at radius 3 is 1.70 bits per heavy atom. The molecule has 1 rings (SSSR count). The van der Waals surface area contributed by atoms with Crippen molar-refractivity contribution in [1.29, 1.82) is 0 Å². The SMILES string of the molecule is CC(C)(C)c1cc(C(CCN)CCCN)cc(C(C)(C)C)c1O. The topological polar surface area (TPSA) is 72.3 Å². The summed E-state index contributed by atoms with van der Waals surface area (Å²) in [5.41, 5.74) is 14.7. The Hall–Kier alpha value is -1.06. The first-order valence-electron chi connectivity index (χ1n) is 8.80. The highest BCUT2D eigenvalue weighted by atomic mass is 16.3. The molecule has 0 aliphatic carbocycles. The molecule has 0 aliphatic heterocycles. The minimum absolute atomic E-state index is 0.0960. The van der Waals surface area contributed by atoms with Crippen LogP contribution in [-0.4, -0.2) is 18.2 Å². The van der Waals surface area contributed by atoms with E-state index in [1.165, 1.54) is 5.56 Å². The second-order valence-electron chi connectivity index (χ2n) is 8.67. The van der Waals surface area contributed by atoms with E-state index in [1.807, 2.05) is 0 Å². The highest BCUT2D eigenvalue weighted by Gasteiger charge is 2.27. The van der Waals surface area contributed by atoms with Gasteiger partial charge in [0.2, 0.25) is 0 Å². The van der Waals surface area contributed by atoms with Gasteiger partial charge in [0.1, 0.15) is 5.75 Å². The molecule has 0 saturated heterocycles. The Morgan fingerprint density at radius 2 is 1.35 bits per heavy atom. The molecular formula is C20H36N2O. The van der Waals surface area contributed by atoms with E-state index in [-0.39, 0.29) is 10.8 Å². The zero-order valence-electron chi connectivity index (χ0n) is 15.9. The molecule has 0 fully saturated rings. The maximum absolute atomic E-state index is 10.8. The van der Waals surface area contributed by atoms with E-state index in [0.29, 0.717) is 24.8 Å². The molecule has 1 aromatic rings. The van der Waals surface area contributed by atoms with Crippen LogP contribution in [-0.2, 0) is 10.8 Å². The minimum atomic E-state index is -0.0960. The smallest absolute Gasteiger partial charge is 0.123 e. The molecule has 3 nitrogen and oxygen atoms in total. The van der Waals surface area contributed by atoms with Crippen molar-refractivity contribution in [2.75, 3.05) is 13.1 Å². The Kier molecular flexibility index (Phi) is 6.67. The number of hydrogen-bond donors (Lipinski definition) is 3. The van der Waals surface area contributed by atoms with E-state index in [0.717, 1.165) is 30.4 Å². The molecule has 0 amide bonds. The quantitative estimate of drug-likeness (QED) is 0.737. The molecule has 3 heteroatoms. The average Bonchev–Trinajstić information content (AvgIpc) is 2.41. The molecule has 1 aromatic carbocycles. The van der Waals surface area contributed by atoms with Crippen molar-refractivity contribution in [2.45, 2.75) is 77.6 Å². The number of nitrogens with two attached hydrogens (primary N) is 2. The Balaban J connectivity index is 3.47. The van der Waals surface area contributed by atoms with Gasteiger partial charge in [-0.2, -0.15) is 0 Å². The van der Waals surface area contributed by atoms with Crippen molar-refractivity contribution in [1.82, 2.24) is 0 Å². The first kappa shape index (κ1) is 20.0. The summed E-state index contributed by atoms with van der Waals surface area (Å²) in [5.74, 6) is 0.852. The summed E-state index contributed by atoms with van der Waals surface area (Å²) in [6, 6.07) is 4.36. The fraction of sp³-hybridized carbons (Fsp3) is 0.700. The number of aromatic hydroxyl groups is 1. The third-order valence-electron chi connectivity index (χ3n) is 4.49. The van der Waals surface area contributed by atoms with Crippen molar-refractivity contribution in [3.05, 3.63) is 28.8 Å². The van der Waals surface area contributed by atoms with Gasteiger partial charge in [-0.1, -0.05) is 53.7 Å². The summed E-state index contributed by atoms with van der Waals surface area (Å²) < 4.78 is 0. The van der Waals surface area contributed by atoms with Crippen LogP contribution in [0, 0.1) is 0 Å². The van der Waals surface area contributed by atoms with Crippen molar-refractivity contribution in [3.63, 3.8) is 0 Å². The normalized spacial score (nSPS) is 14.1. The third-order valence-corrected chi connectivity index (χ3v) is 4.49. The Morgan fingerprint density at radius 1 is 0.870 bits per heavy atom. The van der Waals surface area contributed by atoms with Crippen molar-refractivity contribution < 1.29 is 5.11 Å². The van der Waals surface area contributed by atoms with Gasteiger partial charge in [0.25, 0.3) is 0 Å². The monoisotopic (exact) mass is 320 g/mol. The molecular weight excluding hydrogens is 284 g/mol. The van der Waals surface area contributed by atoms with Crippen LogP contribution in [0.25, 0.3) is 0 Å². The van der Waals surface area contributed by atoms with E-state index in [4.69, 9.17) is 11.5 Å². The summed E-state index contributed by atoms with van der Waals surface area (Å²) in [7, 11) is 0. The zero-order valence-corrected chi connectivity index (χ0v) is 15.9. The van der Waals surface area contributed by atoms with E-state index in [1.54, 1.807) is 0 Å². The number of benzene rings is 1. The standard InChI is InChI=1S/C20H36N2O/c1-19(2,3)16-12-15(14(9-11-22)8-7-10-21)13-17(18(16)23)20(4,5)6/h12-14,23H,7-11,21-22H2,1-6H3. The van der Waals surface area contributed by atoms with Gasteiger partial charge in [-0.15, -0.1) is 0 Å². The lowest BCUT2D eigenvalue weighted by atomic mass is 9.76. The maximum atomic E-state index is 10.8. The van der Waals surface area contributed by atoms with E-state index >= 15 is 0 Å². The van der Waals surface area contributed by atoms with E-state index < -0.39 is 0 Å². The van der Waals surface area contributed by atoms with Gasteiger partial charge in [0, 0.05) is 0 Å². The maximum Gasteiger partial charge on any atom is 0.123 e. The summed E-state index contributed by atoms with van der Waals surface area (Å²) >= 11 is 0. The van der Waals surface area contributed by atoms with Crippen molar-refractivity contribution >= 4 is 0 Å². The fourth-order valence-corrected chi connectivity index (χ4v) is 3.08. The lowest BCUT2D eigenvalue weighted by Gasteiger charge is -2.30. The zero-order chi connectivity index (χ0) is 17.8. The van der Waals surface area contributed by atoms with Gasteiger partial charge in [0.15, 0.2) is 0 Å². The first-order chi connectivity index (χ1) is 10.5. The van der Waals surface area contributed by atoms with Gasteiger partial charge in [0.05, 0.1) is 0 Å². The van der Waals surface area contributed by atoms with Crippen molar-refractivity contribution in [3.8, 4) is 5.75 Å². The largest absolute Gasteiger partial charge is 0.507 e. The van der Waals surface area contributed by atoms with Crippen LogP contribution < -0.4 is 11.5 Å². The molecule has 0 radical (unpaired) electrons. The van der Waals surface area contributed by atoms with Crippen LogP contribution in [0.4, 0.5) is 0 Å². The van der Waals surface area contributed by atoms with Crippen LogP contribution in [0.2, 0.25) is 0 Å². The third kappa shape index (κ3) is 5.22. The second-order valence-corrected chi connectivity index (χ2v) is 8.67. The molecule has 0 aromatic heterocycles. The molecule has 0 spiro atoms. The highest BCUT2D eigenvalue weighted by molar-refractivity contribution is 5.50. The molecule has 0 aliphatic rings. The van der Waals surface area contributed by atoms with Crippen LogP contribution >= 0.6 is 0 Å². The summed E-state index contributed by atoms with van der Waals surface area (Å²) in [6.45, 7) is 14.3. The molecule has 132 valence electrons. The summed E-state index contributed by atoms with van der Waals surface area (Å²) in [6.07, 6.45) is 3.00. The van der Waals surface area contributed by atoms with Gasteiger partial charge >= 0.3 is 0 Å². The van der Waals surface area contributed by atoms with Crippen LogP contribution in [0.5, 0.6) is 5.75 Å². The lowest BCUT2D eigenvalue weighted by molar-refractivity contribution is 0.421. The number of rotatable bonds is 6. The molecule has 23 heavy (non-hydrogen) atoms.